The molecule has 2 aromatic rings. The van der Waals surface area contributed by atoms with Gasteiger partial charge in [0.1, 0.15) is 5.75 Å². The number of aromatic nitrogens is 1. The van der Waals surface area contributed by atoms with E-state index in [1.54, 1.807) is 18.5 Å². The van der Waals surface area contributed by atoms with Crippen molar-refractivity contribution in [2.75, 3.05) is 11.4 Å². The Bertz CT molecular complexity index is 555. The fourth-order valence-electron chi connectivity index (χ4n) is 2.21. The van der Waals surface area contributed by atoms with Crippen LogP contribution in [-0.2, 0) is 6.54 Å². The molecule has 1 unspecified atom stereocenters. The average Bonchev–Trinajstić information content (AvgIpc) is 2.45. The van der Waals surface area contributed by atoms with Crippen molar-refractivity contribution in [3.63, 3.8) is 0 Å². The average molecular weight is 271 g/mol. The zero-order chi connectivity index (χ0) is 14.5. The molecule has 0 saturated heterocycles. The molecule has 0 amide bonds. The predicted octanol–water partition coefficient (Wildman–Crippen LogP) is 2.83. The summed E-state index contributed by atoms with van der Waals surface area (Å²) in [4.78, 5) is 6.22. The Kier molecular flexibility index (Phi) is 4.58. The number of rotatable bonds is 5. The van der Waals surface area contributed by atoms with Crippen LogP contribution in [0, 0.1) is 0 Å². The van der Waals surface area contributed by atoms with Crippen LogP contribution in [0.15, 0.2) is 42.7 Å². The Labute approximate surface area is 119 Å². The van der Waals surface area contributed by atoms with Gasteiger partial charge in [0.05, 0.1) is 0 Å². The Balaban J connectivity index is 2.22. The molecule has 0 radical (unpaired) electrons. The van der Waals surface area contributed by atoms with E-state index < -0.39 is 0 Å². The van der Waals surface area contributed by atoms with Crippen LogP contribution in [-0.4, -0.2) is 16.6 Å². The first kappa shape index (κ1) is 14.3. The van der Waals surface area contributed by atoms with Crippen LogP contribution in [0.25, 0.3) is 0 Å². The molecule has 0 bridgehead atoms. The van der Waals surface area contributed by atoms with Crippen molar-refractivity contribution in [3.8, 4) is 5.75 Å². The number of hydrogen-bond acceptors (Lipinski definition) is 4. The first-order valence-electron chi connectivity index (χ1n) is 6.84. The van der Waals surface area contributed by atoms with Crippen LogP contribution in [0.5, 0.6) is 5.75 Å². The van der Waals surface area contributed by atoms with E-state index in [0.717, 1.165) is 24.3 Å². The number of anilines is 1. The van der Waals surface area contributed by atoms with E-state index in [9.17, 15) is 5.11 Å². The lowest BCUT2D eigenvalue weighted by molar-refractivity contribution is 0.463. The van der Waals surface area contributed by atoms with Crippen LogP contribution in [0.3, 0.4) is 0 Å². The highest BCUT2D eigenvalue weighted by Gasteiger charge is 2.10. The SMILES string of the molecule is CCN(Cc1ccncc1)c1ccc(C(C)N)c(O)c1. The molecule has 0 aliphatic rings. The maximum absolute atomic E-state index is 10.1. The van der Waals surface area contributed by atoms with Gasteiger partial charge in [-0.15, -0.1) is 0 Å². The molecule has 0 saturated carbocycles. The summed E-state index contributed by atoms with van der Waals surface area (Å²) in [5.41, 5.74) is 8.77. The van der Waals surface area contributed by atoms with Crippen molar-refractivity contribution in [3.05, 3.63) is 53.9 Å². The zero-order valence-corrected chi connectivity index (χ0v) is 12.0. The maximum atomic E-state index is 10.1. The van der Waals surface area contributed by atoms with Crippen molar-refractivity contribution in [1.29, 1.82) is 0 Å². The molecule has 1 atom stereocenters. The Morgan fingerprint density at radius 3 is 2.50 bits per heavy atom. The van der Waals surface area contributed by atoms with Gasteiger partial charge >= 0.3 is 0 Å². The molecular formula is C16H21N3O. The van der Waals surface area contributed by atoms with Crippen LogP contribution in [0.2, 0.25) is 0 Å². The van der Waals surface area contributed by atoms with Crippen molar-refractivity contribution in [1.82, 2.24) is 4.98 Å². The molecule has 4 heteroatoms. The number of nitrogens with zero attached hydrogens (tertiary/aromatic N) is 2. The lowest BCUT2D eigenvalue weighted by Crippen LogP contribution is -2.22. The smallest absolute Gasteiger partial charge is 0.122 e. The third kappa shape index (κ3) is 3.27. The van der Waals surface area contributed by atoms with Crippen LogP contribution < -0.4 is 10.6 Å². The first-order valence-corrected chi connectivity index (χ1v) is 6.84. The quantitative estimate of drug-likeness (QED) is 0.877. The number of benzene rings is 1. The third-order valence-electron chi connectivity index (χ3n) is 3.37. The largest absolute Gasteiger partial charge is 0.508 e. The third-order valence-corrected chi connectivity index (χ3v) is 3.37. The summed E-state index contributed by atoms with van der Waals surface area (Å²) in [6, 6.07) is 9.51. The highest BCUT2D eigenvalue weighted by molar-refractivity contribution is 5.54. The van der Waals surface area contributed by atoms with Gasteiger partial charge in [-0.25, -0.2) is 0 Å². The molecule has 0 aliphatic carbocycles. The minimum absolute atomic E-state index is 0.167. The summed E-state index contributed by atoms with van der Waals surface area (Å²) >= 11 is 0. The molecule has 0 spiro atoms. The minimum atomic E-state index is -0.167. The van der Waals surface area contributed by atoms with Crippen LogP contribution in [0.1, 0.15) is 31.0 Å². The van der Waals surface area contributed by atoms with Crippen LogP contribution >= 0.6 is 0 Å². The molecular weight excluding hydrogens is 250 g/mol. The van der Waals surface area contributed by atoms with Gasteiger partial charge in [-0.05, 0) is 37.6 Å². The van der Waals surface area contributed by atoms with Gasteiger partial charge in [-0.3, -0.25) is 4.98 Å². The van der Waals surface area contributed by atoms with Gasteiger partial charge in [-0.1, -0.05) is 6.07 Å². The number of aromatic hydroxyl groups is 1. The number of pyridine rings is 1. The summed E-state index contributed by atoms with van der Waals surface area (Å²) in [7, 11) is 0. The fraction of sp³-hybridized carbons (Fsp3) is 0.312. The molecule has 1 aromatic carbocycles. The van der Waals surface area contributed by atoms with Gasteiger partial charge in [0.2, 0.25) is 0 Å². The van der Waals surface area contributed by atoms with Gasteiger partial charge in [0.25, 0.3) is 0 Å². The summed E-state index contributed by atoms with van der Waals surface area (Å²) in [5.74, 6) is 0.255. The topological polar surface area (TPSA) is 62.4 Å². The molecule has 0 fully saturated rings. The molecule has 4 nitrogen and oxygen atoms in total. The fourth-order valence-corrected chi connectivity index (χ4v) is 2.21. The molecule has 3 N–H and O–H groups in total. The summed E-state index contributed by atoms with van der Waals surface area (Å²) in [5, 5.41) is 10.1. The standard InChI is InChI=1S/C16H21N3O/c1-3-19(11-13-6-8-18-9-7-13)14-4-5-15(12(2)17)16(20)10-14/h4-10,12,20H,3,11,17H2,1-2H3. The van der Waals surface area contributed by atoms with E-state index in [4.69, 9.17) is 5.73 Å². The van der Waals surface area contributed by atoms with Crippen molar-refractivity contribution >= 4 is 5.69 Å². The number of phenolic OH excluding ortho intramolecular Hbond substituents is 1. The molecule has 20 heavy (non-hydrogen) atoms. The molecule has 1 heterocycles. The molecule has 2 rings (SSSR count). The molecule has 1 aromatic heterocycles. The number of hydrogen-bond donors (Lipinski definition) is 2. The maximum Gasteiger partial charge on any atom is 0.122 e. The monoisotopic (exact) mass is 271 g/mol. The zero-order valence-electron chi connectivity index (χ0n) is 12.0. The van der Waals surface area contributed by atoms with Gasteiger partial charge in [0.15, 0.2) is 0 Å². The van der Waals surface area contributed by atoms with Gasteiger partial charge in [0, 0.05) is 48.8 Å². The minimum Gasteiger partial charge on any atom is -0.508 e. The lowest BCUT2D eigenvalue weighted by Gasteiger charge is -2.24. The number of nitrogens with two attached hydrogens (primary N) is 1. The molecule has 106 valence electrons. The van der Waals surface area contributed by atoms with Gasteiger partial charge in [-0.2, -0.15) is 0 Å². The Hall–Kier alpha value is -2.07. The summed E-state index contributed by atoms with van der Waals surface area (Å²) in [6.45, 7) is 5.61. The summed E-state index contributed by atoms with van der Waals surface area (Å²) in [6.07, 6.45) is 3.58. The van der Waals surface area contributed by atoms with Crippen molar-refractivity contribution in [2.24, 2.45) is 5.73 Å². The van der Waals surface area contributed by atoms with E-state index in [-0.39, 0.29) is 11.8 Å². The van der Waals surface area contributed by atoms with E-state index >= 15 is 0 Å². The number of phenols is 1. The van der Waals surface area contributed by atoms with Crippen LogP contribution in [0.4, 0.5) is 5.69 Å². The second-order valence-corrected chi connectivity index (χ2v) is 4.90. The van der Waals surface area contributed by atoms with Crippen molar-refractivity contribution < 1.29 is 5.11 Å². The van der Waals surface area contributed by atoms with Gasteiger partial charge < -0.3 is 15.7 Å². The van der Waals surface area contributed by atoms with E-state index in [1.807, 2.05) is 31.2 Å². The van der Waals surface area contributed by atoms with E-state index in [0.29, 0.717) is 0 Å². The second-order valence-electron chi connectivity index (χ2n) is 4.90. The Morgan fingerprint density at radius 1 is 1.25 bits per heavy atom. The van der Waals surface area contributed by atoms with Crippen molar-refractivity contribution in [2.45, 2.75) is 26.4 Å². The molecule has 0 aliphatic heterocycles. The highest BCUT2D eigenvalue weighted by Crippen LogP contribution is 2.28. The first-order chi connectivity index (χ1) is 9.61. The predicted molar refractivity (Wildman–Crippen MR) is 81.7 cm³/mol. The van der Waals surface area contributed by atoms with E-state index in [1.165, 1.54) is 5.56 Å². The second kappa shape index (κ2) is 6.39. The normalized spacial score (nSPS) is 12.2. The summed E-state index contributed by atoms with van der Waals surface area (Å²) < 4.78 is 0. The Morgan fingerprint density at radius 2 is 1.95 bits per heavy atom. The lowest BCUT2D eigenvalue weighted by atomic mass is 10.1. The van der Waals surface area contributed by atoms with E-state index in [2.05, 4.69) is 16.8 Å². The highest BCUT2D eigenvalue weighted by atomic mass is 16.3.